The van der Waals surface area contributed by atoms with Crippen LogP contribution >= 0.6 is 0 Å². The Kier molecular flexibility index (Phi) is 13.5. The number of benzene rings is 2. The lowest BCUT2D eigenvalue weighted by Crippen LogP contribution is -2.59. The van der Waals surface area contributed by atoms with Crippen LogP contribution in [0.25, 0.3) is 0 Å². The smallest absolute Gasteiger partial charge is 0.257 e. The van der Waals surface area contributed by atoms with Crippen molar-refractivity contribution in [3.63, 3.8) is 0 Å². The quantitative estimate of drug-likeness (QED) is 0.209. The van der Waals surface area contributed by atoms with Crippen molar-refractivity contribution in [3.8, 4) is 0 Å². The number of rotatable bonds is 15. The summed E-state index contributed by atoms with van der Waals surface area (Å²) >= 11 is 0. The zero-order valence-electron chi connectivity index (χ0n) is 24.9. The van der Waals surface area contributed by atoms with E-state index in [0.717, 1.165) is 11.1 Å². The van der Waals surface area contributed by atoms with Crippen LogP contribution in [-0.2, 0) is 32.1 Å². The van der Waals surface area contributed by atoms with E-state index in [1.807, 2.05) is 88.4 Å². The Morgan fingerprint density at radius 3 is 1.63 bits per heavy atom. The number of carbonyl (C=O) groups is 4. The van der Waals surface area contributed by atoms with Gasteiger partial charge < -0.3 is 21.1 Å². The van der Waals surface area contributed by atoms with E-state index in [9.17, 15) is 24.3 Å². The molecule has 0 aromatic heterocycles. The fourth-order valence-corrected chi connectivity index (χ4v) is 4.46. The van der Waals surface area contributed by atoms with Crippen LogP contribution in [0.2, 0.25) is 0 Å². The maximum Gasteiger partial charge on any atom is 0.257 e. The number of carbonyl (C=O) groups excluding carboxylic acids is 4. The third-order valence-electron chi connectivity index (χ3n) is 6.60. The second-order valence-corrected chi connectivity index (χ2v) is 11.1. The third kappa shape index (κ3) is 11.7. The van der Waals surface area contributed by atoms with Gasteiger partial charge in [0.15, 0.2) is 0 Å². The van der Waals surface area contributed by atoms with Crippen LogP contribution < -0.4 is 21.4 Å². The van der Waals surface area contributed by atoms with E-state index in [-0.39, 0.29) is 36.7 Å². The normalized spacial score (nSPS) is 14.2. The summed E-state index contributed by atoms with van der Waals surface area (Å²) in [4.78, 5) is 50.0. The van der Waals surface area contributed by atoms with E-state index in [2.05, 4.69) is 21.4 Å². The number of aliphatic hydroxyl groups is 1. The summed E-state index contributed by atoms with van der Waals surface area (Å²) in [5.41, 5.74) is 4.67. The van der Waals surface area contributed by atoms with E-state index in [1.54, 1.807) is 5.01 Å². The molecule has 0 spiro atoms. The zero-order valence-corrected chi connectivity index (χ0v) is 24.9. The van der Waals surface area contributed by atoms with Gasteiger partial charge in [0.05, 0.1) is 12.1 Å². The van der Waals surface area contributed by atoms with Crippen LogP contribution in [-0.4, -0.2) is 64.5 Å². The van der Waals surface area contributed by atoms with Gasteiger partial charge in [0.25, 0.3) is 5.91 Å². The van der Waals surface area contributed by atoms with Gasteiger partial charge in [0, 0.05) is 26.9 Å². The summed E-state index contributed by atoms with van der Waals surface area (Å²) in [5.74, 6) is -1.81. The molecule has 0 fully saturated rings. The van der Waals surface area contributed by atoms with Crippen molar-refractivity contribution in [2.45, 2.75) is 78.7 Å². The van der Waals surface area contributed by atoms with Gasteiger partial charge in [0.2, 0.25) is 17.7 Å². The van der Waals surface area contributed by atoms with Gasteiger partial charge in [-0.1, -0.05) is 88.4 Å². The molecule has 0 bridgehead atoms. The number of hydrazine groups is 1. The lowest BCUT2D eigenvalue weighted by Gasteiger charge is -2.33. The molecule has 0 aliphatic rings. The van der Waals surface area contributed by atoms with Crippen LogP contribution in [0.15, 0.2) is 60.7 Å². The van der Waals surface area contributed by atoms with E-state index in [1.165, 1.54) is 13.8 Å². The minimum absolute atomic E-state index is 0.0181. The van der Waals surface area contributed by atoms with Gasteiger partial charge in [-0.2, -0.15) is 0 Å². The number of nitrogens with one attached hydrogen (secondary N) is 4. The molecule has 2 aromatic carbocycles. The molecule has 0 unspecified atom stereocenters. The highest BCUT2D eigenvalue weighted by Gasteiger charge is 2.31. The molecule has 0 aliphatic heterocycles. The van der Waals surface area contributed by atoms with Crippen molar-refractivity contribution in [2.24, 2.45) is 11.8 Å². The largest absolute Gasteiger partial charge is 0.390 e. The van der Waals surface area contributed by atoms with Gasteiger partial charge in [-0.15, -0.1) is 0 Å². The summed E-state index contributed by atoms with van der Waals surface area (Å²) in [5, 5.41) is 21.4. The van der Waals surface area contributed by atoms with Crippen molar-refractivity contribution in [1.29, 1.82) is 0 Å². The Balaban J connectivity index is 2.33. The fraction of sp³-hybridized carbons (Fsp3) is 0.484. The molecule has 10 heteroatoms. The standard InChI is InChI=1S/C31H45N5O5/c1-20(2)28(32-22(5)37)30(40)34-26(17-24-13-9-7-10-14-24)27(39)19-36(18-25-15-11-8-12-16-25)35-31(41)29(21(3)4)33-23(6)38/h7-16,20-21,26-29,39H,17-19H2,1-6H3,(H,32,37)(H,33,38)(H,34,40)(H,35,41)/t26-,27-,28-,29-/m0/s1. The van der Waals surface area contributed by atoms with E-state index in [0.29, 0.717) is 6.42 Å². The molecule has 4 amide bonds. The molecule has 0 heterocycles. The topological polar surface area (TPSA) is 140 Å². The lowest BCUT2D eigenvalue weighted by molar-refractivity contribution is -0.134. The molecule has 0 radical (unpaired) electrons. The highest BCUT2D eigenvalue weighted by atomic mass is 16.3. The maximum absolute atomic E-state index is 13.3. The Labute approximate surface area is 243 Å². The average molecular weight is 568 g/mol. The molecule has 2 aromatic rings. The van der Waals surface area contributed by atoms with Crippen molar-refractivity contribution < 1.29 is 24.3 Å². The molecule has 2 rings (SSSR count). The van der Waals surface area contributed by atoms with E-state index < -0.39 is 36.0 Å². The second kappa shape index (κ2) is 16.5. The third-order valence-corrected chi connectivity index (χ3v) is 6.60. The van der Waals surface area contributed by atoms with Gasteiger partial charge in [0.1, 0.15) is 12.1 Å². The first-order valence-corrected chi connectivity index (χ1v) is 14.0. The molecule has 0 aliphatic carbocycles. The summed E-state index contributed by atoms with van der Waals surface area (Å²) in [7, 11) is 0. The predicted molar refractivity (Wildman–Crippen MR) is 158 cm³/mol. The van der Waals surface area contributed by atoms with Gasteiger partial charge in [-0.25, -0.2) is 5.01 Å². The van der Waals surface area contributed by atoms with Gasteiger partial charge in [-0.3, -0.25) is 24.6 Å². The van der Waals surface area contributed by atoms with Crippen LogP contribution in [0.5, 0.6) is 0 Å². The first-order valence-electron chi connectivity index (χ1n) is 14.0. The maximum atomic E-state index is 13.3. The monoisotopic (exact) mass is 567 g/mol. The van der Waals surface area contributed by atoms with Crippen molar-refractivity contribution in [1.82, 2.24) is 26.4 Å². The van der Waals surface area contributed by atoms with Crippen LogP contribution in [0.1, 0.15) is 52.7 Å². The number of hydrogen-bond acceptors (Lipinski definition) is 6. The molecule has 0 saturated carbocycles. The first kappa shape index (κ1) is 33.4. The number of nitrogens with zero attached hydrogens (tertiary/aromatic N) is 1. The van der Waals surface area contributed by atoms with Crippen LogP contribution in [0.3, 0.4) is 0 Å². The first-order chi connectivity index (χ1) is 19.4. The summed E-state index contributed by atoms with van der Waals surface area (Å²) < 4.78 is 0. The van der Waals surface area contributed by atoms with Gasteiger partial charge >= 0.3 is 0 Å². The highest BCUT2D eigenvalue weighted by Crippen LogP contribution is 2.12. The Hall–Kier alpha value is -3.76. The molecule has 10 nitrogen and oxygen atoms in total. The summed E-state index contributed by atoms with van der Waals surface area (Å²) in [6, 6.07) is 16.6. The molecule has 224 valence electrons. The SMILES string of the molecule is CC(=O)N[C@H](C(=O)N[C@@H](Cc1ccccc1)[C@@H](O)CN(Cc1ccccc1)NC(=O)[C@@H](NC(C)=O)C(C)C)C(C)C. The second-order valence-electron chi connectivity index (χ2n) is 11.1. The molecule has 0 saturated heterocycles. The van der Waals surface area contributed by atoms with Crippen molar-refractivity contribution in [3.05, 3.63) is 71.8 Å². The Morgan fingerprint density at radius 1 is 0.707 bits per heavy atom. The van der Waals surface area contributed by atoms with Gasteiger partial charge in [-0.05, 0) is 29.4 Å². The Morgan fingerprint density at radius 2 is 1.17 bits per heavy atom. The van der Waals surface area contributed by atoms with Crippen molar-refractivity contribution in [2.75, 3.05) is 6.54 Å². The van der Waals surface area contributed by atoms with Crippen molar-refractivity contribution >= 4 is 23.6 Å². The fourth-order valence-electron chi connectivity index (χ4n) is 4.46. The summed E-state index contributed by atoms with van der Waals surface area (Å²) in [6.07, 6.45) is -0.779. The molecule has 41 heavy (non-hydrogen) atoms. The minimum atomic E-state index is -1.11. The molecule has 5 N–H and O–H groups in total. The lowest BCUT2D eigenvalue weighted by atomic mass is 9.98. The average Bonchev–Trinajstić information content (AvgIpc) is 2.90. The van der Waals surface area contributed by atoms with Crippen LogP contribution in [0.4, 0.5) is 0 Å². The zero-order chi connectivity index (χ0) is 30.5. The highest BCUT2D eigenvalue weighted by molar-refractivity contribution is 5.87. The van der Waals surface area contributed by atoms with Crippen LogP contribution in [0, 0.1) is 11.8 Å². The number of amides is 4. The molecule has 4 atom stereocenters. The molecular formula is C31H45N5O5. The molecular weight excluding hydrogens is 522 g/mol. The number of aliphatic hydroxyl groups excluding tert-OH is 1. The predicted octanol–water partition coefficient (Wildman–Crippen LogP) is 1.93. The summed E-state index contributed by atoms with van der Waals surface area (Å²) in [6.45, 7) is 10.3. The number of hydrogen-bond donors (Lipinski definition) is 5. The Bertz CT molecular complexity index is 1130. The van der Waals surface area contributed by atoms with E-state index >= 15 is 0 Å². The van der Waals surface area contributed by atoms with E-state index in [4.69, 9.17) is 0 Å². The minimum Gasteiger partial charge on any atom is -0.390 e.